The minimum absolute atomic E-state index is 0.169. The van der Waals surface area contributed by atoms with Crippen LogP contribution in [0.25, 0.3) is 10.9 Å². The minimum atomic E-state index is -0.325. The normalized spacial score (nSPS) is 16.4. The zero-order valence-electron chi connectivity index (χ0n) is 14.1. The number of nitrogens with zero attached hydrogens (tertiary/aromatic N) is 1. The van der Waals surface area contributed by atoms with E-state index in [0.29, 0.717) is 5.75 Å². The zero-order valence-corrected chi connectivity index (χ0v) is 14.1. The zero-order chi connectivity index (χ0) is 16.7. The number of unbranched alkanes of at least 4 members (excludes halogenated alkanes) is 1. The molecule has 0 N–H and O–H groups in total. The van der Waals surface area contributed by atoms with Crippen molar-refractivity contribution in [2.45, 2.75) is 39.2 Å². The number of aryl methyl sites for hydroxylation is 1. The molecule has 0 spiro atoms. The van der Waals surface area contributed by atoms with Crippen LogP contribution in [0.2, 0.25) is 0 Å². The Balaban J connectivity index is 1.94. The number of hydrogen-bond donors (Lipinski definition) is 0. The van der Waals surface area contributed by atoms with E-state index < -0.39 is 0 Å². The summed E-state index contributed by atoms with van der Waals surface area (Å²) in [6.45, 7) is 5.30. The first-order chi connectivity index (χ1) is 11.7. The Bertz CT molecular complexity index is 923. The summed E-state index contributed by atoms with van der Waals surface area (Å²) in [4.78, 5) is 12.6. The third-order valence-corrected chi connectivity index (χ3v) is 4.98. The molecule has 0 aliphatic carbocycles. The molecule has 0 fully saturated rings. The number of ether oxygens (including phenoxy) is 1. The maximum atomic E-state index is 12.6. The van der Waals surface area contributed by atoms with E-state index in [4.69, 9.17) is 4.74 Å². The van der Waals surface area contributed by atoms with E-state index in [1.54, 1.807) is 0 Å². The van der Waals surface area contributed by atoms with Gasteiger partial charge in [-0.3, -0.25) is 4.79 Å². The summed E-state index contributed by atoms with van der Waals surface area (Å²) < 4.78 is 7.87. The number of rotatable bonds is 4. The monoisotopic (exact) mass is 319 g/mol. The molecule has 0 bridgehead atoms. The predicted octanol–water partition coefficient (Wildman–Crippen LogP) is 4.80. The predicted molar refractivity (Wildman–Crippen MR) is 95.5 cm³/mol. The van der Waals surface area contributed by atoms with Gasteiger partial charge in [0.15, 0.2) is 0 Å². The van der Waals surface area contributed by atoms with E-state index in [1.807, 2.05) is 30.3 Å². The largest absolute Gasteiger partial charge is 0.425 e. The van der Waals surface area contributed by atoms with Crippen molar-refractivity contribution in [1.29, 1.82) is 0 Å². The summed E-state index contributed by atoms with van der Waals surface area (Å²) >= 11 is 0. The smallest absolute Gasteiger partial charge is 0.323 e. The average Bonchev–Trinajstić information content (AvgIpc) is 3.06. The lowest BCUT2D eigenvalue weighted by Crippen LogP contribution is -2.13. The van der Waals surface area contributed by atoms with Crippen LogP contribution in [0.5, 0.6) is 5.75 Å². The number of aromatic nitrogens is 1. The molecule has 2 heterocycles. The van der Waals surface area contributed by atoms with Crippen molar-refractivity contribution in [2.75, 3.05) is 0 Å². The summed E-state index contributed by atoms with van der Waals surface area (Å²) in [6, 6.07) is 16.1. The van der Waals surface area contributed by atoms with Gasteiger partial charge in [0.1, 0.15) is 11.7 Å². The summed E-state index contributed by atoms with van der Waals surface area (Å²) in [6.07, 6.45) is 2.28. The highest BCUT2D eigenvalue weighted by atomic mass is 16.5. The van der Waals surface area contributed by atoms with Crippen LogP contribution in [0.4, 0.5) is 0 Å². The van der Waals surface area contributed by atoms with E-state index in [9.17, 15) is 4.79 Å². The van der Waals surface area contributed by atoms with E-state index >= 15 is 0 Å². The first-order valence-corrected chi connectivity index (χ1v) is 8.60. The van der Waals surface area contributed by atoms with Crippen LogP contribution >= 0.6 is 0 Å². The van der Waals surface area contributed by atoms with Gasteiger partial charge < -0.3 is 9.30 Å². The fourth-order valence-electron chi connectivity index (χ4n) is 3.81. The van der Waals surface area contributed by atoms with Crippen LogP contribution in [0.3, 0.4) is 0 Å². The third-order valence-electron chi connectivity index (χ3n) is 4.98. The molecule has 2 aromatic carbocycles. The number of carbonyl (C=O) groups excluding carboxylic acids is 1. The van der Waals surface area contributed by atoms with Gasteiger partial charge in [-0.1, -0.05) is 49.7 Å². The Hall–Kier alpha value is -2.55. The highest BCUT2D eigenvalue weighted by Gasteiger charge is 2.37. The number of esters is 1. The van der Waals surface area contributed by atoms with Crippen molar-refractivity contribution in [3.05, 3.63) is 65.4 Å². The lowest BCUT2D eigenvalue weighted by Gasteiger charge is -2.10. The lowest BCUT2D eigenvalue weighted by molar-refractivity contribution is -0.133. The molecule has 1 unspecified atom stereocenters. The maximum Gasteiger partial charge on any atom is 0.323 e. The Kier molecular flexibility index (Phi) is 3.64. The molecule has 1 atom stereocenters. The van der Waals surface area contributed by atoms with Gasteiger partial charge in [-0.2, -0.15) is 0 Å². The van der Waals surface area contributed by atoms with Crippen LogP contribution < -0.4 is 4.74 Å². The van der Waals surface area contributed by atoms with Crippen molar-refractivity contribution >= 4 is 16.9 Å². The van der Waals surface area contributed by atoms with Crippen molar-refractivity contribution in [2.24, 2.45) is 0 Å². The number of carbonyl (C=O) groups is 1. The second kappa shape index (κ2) is 5.82. The lowest BCUT2D eigenvalue weighted by atomic mass is 9.90. The number of para-hydroxylation sites is 2. The summed E-state index contributed by atoms with van der Waals surface area (Å²) in [5, 5.41) is 1.16. The van der Waals surface area contributed by atoms with E-state index in [2.05, 4.69) is 36.6 Å². The number of fused-ring (bicyclic) bond motifs is 2. The van der Waals surface area contributed by atoms with E-state index in [0.717, 1.165) is 35.9 Å². The molecule has 1 aliphatic rings. The highest BCUT2D eigenvalue weighted by Crippen LogP contribution is 2.43. The van der Waals surface area contributed by atoms with Crippen LogP contribution in [0.1, 0.15) is 42.5 Å². The van der Waals surface area contributed by atoms with E-state index in [1.165, 1.54) is 11.2 Å². The minimum Gasteiger partial charge on any atom is -0.425 e. The van der Waals surface area contributed by atoms with Crippen LogP contribution in [-0.2, 0) is 11.3 Å². The van der Waals surface area contributed by atoms with Crippen molar-refractivity contribution < 1.29 is 9.53 Å². The average molecular weight is 319 g/mol. The molecular formula is C21H21NO2. The van der Waals surface area contributed by atoms with Crippen molar-refractivity contribution in [3.63, 3.8) is 0 Å². The van der Waals surface area contributed by atoms with Crippen LogP contribution in [-0.4, -0.2) is 10.5 Å². The Labute approximate surface area is 141 Å². The topological polar surface area (TPSA) is 31.2 Å². The van der Waals surface area contributed by atoms with Gasteiger partial charge >= 0.3 is 5.97 Å². The van der Waals surface area contributed by atoms with Gasteiger partial charge in [-0.15, -0.1) is 0 Å². The number of hydrogen-bond acceptors (Lipinski definition) is 2. The quantitative estimate of drug-likeness (QED) is 0.511. The summed E-state index contributed by atoms with van der Waals surface area (Å²) in [5.74, 6) is 0.198. The molecule has 4 rings (SSSR count). The van der Waals surface area contributed by atoms with Crippen molar-refractivity contribution in [3.8, 4) is 5.75 Å². The molecular weight excluding hydrogens is 298 g/mol. The molecule has 122 valence electrons. The van der Waals surface area contributed by atoms with Gasteiger partial charge in [0.25, 0.3) is 0 Å². The summed E-state index contributed by atoms with van der Waals surface area (Å²) in [7, 11) is 0. The molecule has 3 heteroatoms. The van der Waals surface area contributed by atoms with Gasteiger partial charge in [0.05, 0.1) is 0 Å². The molecule has 0 saturated heterocycles. The van der Waals surface area contributed by atoms with Crippen LogP contribution in [0, 0.1) is 6.92 Å². The fourth-order valence-corrected chi connectivity index (χ4v) is 3.81. The first kappa shape index (κ1) is 15.0. The van der Waals surface area contributed by atoms with Crippen molar-refractivity contribution in [1.82, 2.24) is 4.57 Å². The second-order valence-corrected chi connectivity index (χ2v) is 6.41. The maximum absolute atomic E-state index is 12.6. The molecule has 0 amide bonds. The third kappa shape index (κ3) is 2.15. The molecule has 3 aromatic rings. The first-order valence-electron chi connectivity index (χ1n) is 8.60. The van der Waals surface area contributed by atoms with Gasteiger partial charge in [-0.05, 0) is 31.0 Å². The molecule has 0 saturated carbocycles. The van der Waals surface area contributed by atoms with Crippen LogP contribution in [0.15, 0.2) is 48.5 Å². The Morgan fingerprint density at radius 1 is 1.08 bits per heavy atom. The van der Waals surface area contributed by atoms with Gasteiger partial charge in [-0.25, -0.2) is 0 Å². The van der Waals surface area contributed by atoms with Gasteiger partial charge in [0.2, 0.25) is 0 Å². The highest BCUT2D eigenvalue weighted by molar-refractivity contribution is 5.97. The van der Waals surface area contributed by atoms with E-state index in [-0.39, 0.29) is 11.9 Å². The van der Waals surface area contributed by atoms with Gasteiger partial charge in [0, 0.05) is 28.7 Å². The molecule has 3 nitrogen and oxygen atoms in total. The second-order valence-electron chi connectivity index (χ2n) is 6.41. The molecule has 1 aromatic heterocycles. The Morgan fingerprint density at radius 2 is 1.83 bits per heavy atom. The SMILES string of the molecule is CCCCn1c(C)c(C2C(=O)Oc3ccccc32)c2ccccc21. The molecule has 0 radical (unpaired) electrons. The Morgan fingerprint density at radius 3 is 2.67 bits per heavy atom. The fraction of sp³-hybridized carbons (Fsp3) is 0.286. The number of benzene rings is 2. The summed E-state index contributed by atoms with van der Waals surface area (Å²) in [5.41, 5.74) is 4.44. The molecule has 24 heavy (non-hydrogen) atoms. The standard InChI is InChI=1S/C21H21NO2/c1-3-4-13-22-14(2)19(15-9-5-7-11-17(15)22)20-16-10-6-8-12-18(16)24-21(20)23/h5-12,20H,3-4,13H2,1-2H3. The molecule has 1 aliphatic heterocycles.